The van der Waals surface area contributed by atoms with Gasteiger partial charge in [-0.1, -0.05) is 26.0 Å². The van der Waals surface area contributed by atoms with E-state index in [0.29, 0.717) is 4.88 Å². The average Bonchev–Trinajstić information content (AvgIpc) is 3.07. The third-order valence-electron chi connectivity index (χ3n) is 3.71. The molecule has 4 N–H and O–H groups in total. The van der Waals surface area contributed by atoms with Crippen LogP contribution in [0.15, 0.2) is 45.5 Å². The third kappa shape index (κ3) is 5.58. The predicted octanol–water partition coefficient (Wildman–Crippen LogP) is 1.15. The van der Waals surface area contributed by atoms with Crippen molar-refractivity contribution in [3.63, 3.8) is 0 Å². The van der Waals surface area contributed by atoms with Gasteiger partial charge in [0.2, 0.25) is 26.0 Å². The van der Waals surface area contributed by atoms with E-state index in [1.54, 1.807) is 13.8 Å². The van der Waals surface area contributed by atoms with Crippen LogP contribution in [0.1, 0.15) is 18.7 Å². The van der Waals surface area contributed by atoms with Gasteiger partial charge in [0.1, 0.15) is 21.0 Å². The molecule has 0 aliphatic rings. The molecule has 0 saturated carbocycles. The maximum Gasteiger partial charge on any atom is 0.247 e. The molecule has 0 radical (unpaired) electrons. The van der Waals surface area contributed by atoms with Crippen LogP contribution in [0.25, 0.3) is 0 Å². The van der Waals surface area contributed by atoms with Crippen molar-refractivity contribution in [1.29, 1.82) is 0 Å². The highest BCUT2D eigenvalue weighted by Gasteiger charge is 2.29. The van der Waals surface area contributed by atoms with E-state index in [-0.39, 0.29) is 10.8 Å². The predicted molar refractivity (Wildman–Crippen MR) is 103 cm³/mol. The first-order valence-corrected chi connectivity index (χ1v) is 11.9. The maximum absolute atomic E-state index is 13.8. The van der Waals surface area contributed by atoms with Crippen LogP contribution in [0, 0.1) is 11.7 Å². The molecule has 2 aromatic rings. The topological polar surface area (TPSA) is 135 Å². The minimum atomic E-state index is -4.26. The standard InChI is InChI=1S/C16H20FN3O5S3/c1-10(2)15(20-28(24,25)13-6-4-3-5-12(13)17)16(21)19-9-11-7-8-14(26-11)27(18,22)23/h3-8,10,15,20H,9H2,1-2H3,(H,19,21)(H2,18,22,23)/t15-/m0/s1. The number of halogens is 1. The largest absolute Gasteiger partial charge is 0.350 e. The summed E-state index contributed by atoms with van der Waals surface area (Å²) in [5.74, 6) is -1.97. The lowest BCUT2D eigenvalue weighted by atomic mass is 10.1. The number of hydrogen-bond donors (Lipinski definition) is 3. The summed E-state index contributed by atoms with van der Waals surface area (Å²) < 4.78 is 63.5. The number of rotatable bonds is 8. The SMILES string of the molecule is CC(C)[C@H](NS(=O)(=O)c1ccccc1F)C(=O)NCc1ccc(S(N)(=O)=O)s1. The van der Waals surface area contributed by atoms with E-state index in [4.69, 9.17) is 5.14 Å². The number of benzene rings is 1. The van der Waals surface area contributed by atoms with Gasteiger partial charge in [0.25, 0.3) is 0 Å². The molecule has 1 amide bonds. The Kier molecular flexibility index (Phi) is 6.93. The zero-order valence-electron chi connectivity index (χ0n) is 15.0. The van der Waals surface area contributed by atoms with Crippen LogP contribution in [0.2, 0.25) is 0 Å². The first-order chi connectivity index (χ1) is 12.9. The van der Waals surface area contributed by atoms with E-state index >= 15 is 0 Å². The summed E-state index contributed by atoms with van der Waals surface area (Å²) in [5.41, 5.74) is 0. The lowest BCUT2D eigenvalue weighted by Crippen LogP contribution is -2.49. The van der Waals surface area contributed by atoms with Gasteiger partial charge >= 0.3 is 0 Å². The fourth-order valence-corrected chi connectivity index (χ4v) is 5.42. The molecule has 0 bridgehead atoms. The van der Waals surface area contributed by atoms with Gasteiger partial charge in [-0.25, -0.2) is 26.4 Å². The van der Waals surface area contributed by atoms with Gasteiger partial charge < -0.3 is 5.32 Å². The Morgan fingerprint density at radius 1 is 1.14 bits per heavy atom. The Morgan fingerprint density at radius 2 is 1.79 bits per heavy atom. The fraction of sp³-hybridized carbons (Fsp3) is 0.312. The zero-order valence-corrected chi connectivity index (χ0v) is 17.5. The van der Waals surface area contributed by atoms with Crippen molar-refractivity contribution in [2.24, 2.45) is 11.1 Å². The maximum atomic E-state index is 13.8. The molecule has 28 heavy (non-hydrogen) atoms. The lowest BCUT2D eigenvalue weighted by Gasteiger charge is -2.21. The van der Waals surface area contributed by atoms with E-state index in [2.05, 4.69) is 10.0 Å². The van der Waals surface area contributed by atoms with E-state index in [0.717, 1.165) is 23.5 Å². The molecule has 0 spiro atoms. The zero-order chi connectivity index (χ0) is 21.1. The van der Waals surface area contributed by atoms with Crippen molar-refractivity contribution in [2.75, 3.05) is 0 Å². The number of thiophene rings is 1. The van der Waals surface area contributed by atoms with Gasteiger partial charge in [-0.2, -0.15) is 4.72 Å². The number of hydrogen-bond acceptors (Lipinski definition) is 6. The van der Waals surface area contributed by atoms with Gasteiger partial charge in [0.15, 0.2) is 0 Å². The second-order valence-electron chi connectivity index (χ2n) is 6.26. The minimum Gasteiger partial charge on any atom is -0.350 e. The summed E-state index contributed by atoms with van der Waals surface area (Å²) in [5, 5.41) is 7.59. The fourth-order valence-electron chi connectivity index (χ4n) is 2.28. The molecule has 12 heteroatoms. The summed E-state index contributed by atoms with van der Waals surface area (Å²) in [6, 6.07) is 6.52. The number of primary sulfonamides is 1. The smallest absolute Gasteiger partial charge is 0.247 e. The molecule has 154 valence electrons. The van der Waals surface area contributed by atoms with Crippen molar-refractivity contribution in [3.8, 4) is 0 Å². The second-order valence-corrected chi connectivity index (χ2v) is 10.9. The number of carbonyl (C=O) groups excluding carboxylic acids is 1. The lowest BCUT2D eigenvalue weighted by molar-refractivity contribution is -0.123. The molecule has 1 atom stereocenters. The summed E-state index contributed by atoms with van der Waals surface area (Å²) in [7, 11) is -8.09. The Hall–Kier alpha value is -1.86. The van der Waals surface area contributed by atoms with Gasteiger partial charge in [0.05, 0.1) is 6.54 Å². The number of sulfonamides is 2. The number of nitrogens with one attached hydrogen (secondary N) is 2. The van der Waals surface area contributed by atoms with E-state index < -0.39 is 48.6 Å². The number of nitrogens with two attached hydrogens (primary N) is 1. The molecule has 1 aromatic heterocycles. The quantitative estimate of drug-likeness (QED) is 0.556. The second kappa shape index (κ2) is 8.66. The monoisotopic (exact) mass is 449 g/mol. The molecular formula is C16H20FN3O5S3. The minimum absolute atomic E-state index is 0.0103. The van der Waals surface area contributed by atoms with Crippen molar-refractivity contribution in [3.05, 3.63) is 47.1 Å². The first-order valence-electron chi connectivity index (χ1n) is 8.08. The summed E-state index contributed by atoms with van der Waals surface area (Å²) in [4.78, 5) is 12.5. The molecular weight excluding hydrogens is 429 g/mol. The molecule has 2 rings (SSSR count). The van der Waals surface area contributed by atoms with E-state index in [1.165, 1.54) is 24.3 Å². The highest BCUT2D eigenvalue weighted by Crippen LogP contribution is 2.20. The number of amides is 1. The van der Waals surface area contributed by atoms with E-state index in [1.807, 2.05) is 0 Å². The van der Waals surface area contributed by atoms with Crippen LogP contribution in [0.4, 0.5) is 4.39 Å². The van der Waals surface area contributed by atoms with Crippen LogP contribution < -0.4 is 15.2 Å². The summed E-state index contributed by atoms with van der Waals surface area (Å²) in [6.07, 6.45) is 0. The Morgan fingerprint density at radius 3 is 2.32 bits per heavy atom. The van der Waals surface area contributed by atoms with Crippen molar-refractivity contribution < 1.29 is 26.0 Å². The van der Waals surface area contributed by atoms with Crippen LogP contribution in [-0.2, 0) is 31.4 Å². The Balaban J connectivity index is 2.12. The van der Waals surface area contributed by atoms with Gasteiger partial charge in [-0.05, 0) is 30.2 Å². The third-order valence-corrected chi connectivity index (χ3v) is 7.71. The van der Waals surface area contributed by atoms with Crippen LogP contribution in [0.5, 0.6) is 0 Å². The Bertz CT molecular complexity index is 1060. The molecule has 1 heterocycles. The van der Waals surface area contributed by atoms with Crippen LogP contribution >= 0.6 is 11.3 Å². The average molecular weight is 450 g/mol. The molecule has 0 unspecified atom stereocenters. The molecule has 1 aromatic carbocycles. The van der Waals surface area contributed by atoms with Gasteiger partial charge in [0, 0.05) is 4.88 Å². The van der Waals surface area contributed by atoms with Crippen LogP contribution in [-0.4, -0.2) is 28.8 Å². The number of carbonyl (C=O) groups is 1. The highest BCUT2D eigenvalue weighted by atomic mass is 32.2. The molecule has 0 fully saturated rings. The summed E-state index contributed by atoms with van der Waals surface area (Å²) in [6.45, 7) is 3.26. The van der Waals surface area contributed by atoms with Crippen molar-refractivity contribution in [1.82, 2.24) is 10.0 Å². The van der Waals surface area contributed by atoms with Crippen LogP contribution in [0.3, 0.4) is 0 Å². The summed E-state index contributed by atoms with van der Waals surface area (Å²) >= 11 is 0.898. The van der Waals surface area contributed by atoms with Crippen molar-refractivity contribution in [2.45, 2.75) is 35.5 Å². The Labute approximate surface area is 167 Å². The highest BCUT2D eigenvalue weighted by molar-refractivity contribution is 7.91. The molecule has 0 aliphatic carbocycles. The van der Waals surface area contributed by atoms with E-state index in [9.17, 15) is 26.0 Å². The molecule has 8 nitrogen and oxygen atoms in total. The van der Waals surface area contributed by atoms with Gasteiger partial charge in [-0.15, -0.1) is 11.3 Å². The van der Waals surface area contributed by atoms with Gasteiger partial charge in [-0.3, -0.25) is 4.79 Å². The first kappa shape index (κ1) is 22.4. The normalized spacial score (nSPS) is 13.5. The molecule has 0 saturated heterocycles. The van der Waals surface area contributed by atoms with Crippen molar-refractivity contribution >= 4 is 37.3 Å². The molecule has 0 aliphatic heterocycles.